The van der Waals surface area contributed by atoms with Crippen molar-refractivity contribution in [2.75, 3.05) is 0 Å². The first-order chi connectivity index (χ1) is 5.69. The lowest BCUT2D eigenvalue weighted by Gasteiger charge is -2.20. The number of carbonyl (C=O) groups is 1. The van der Waals surface area contributed by atoms with Crippen LogP contribution in [0.2, 0.25) is 0 Å². The zero-order valence-corrected chi connectivity index (χ0v) is 7.31. The number of Topliss-reactive ketones (excluding diaryl/α,β-unsaturated/α-hetero) is 1. The summed E-state index contributed by atoms with van der Waals surface area (Å²) in [5, 5.41) is 0. The van der Waals surface area contributed by atoms with Gasteiger partial charge in [0, 0.05) is 12.8 Å². The van der Waals surface area contributed by atoms with Gasteiger partial charge in [-0.3, -0.25) is 4.79 Å². The Morgan fingerprint density at radius 3 is 2.58 bits per heavy atom. The van der Waals surface area contributed by atoms with Crippen LogP contribution in [0, 0.1) is 12.3 Å². The summed E-state index contributed by atoms with van der Waals surface area (Å²) in [7, 11) is 0. The standard InChI is InChI=1S/C10H15NO/c1-2-3-6-9(12)10(11)7-4-5-8-10/h1H,3-8,11H2. The molecule has 2 nitrogen and oxygen atoms in total. The lowest BCUT2D eigenvalue weighted by atomic mass is 9.91. The lowest BCUT2D eigenvalue weighted by Crippen LogP contribution is -2.45. The van der Waals surface area contributed by atoms with Crippen LogP contribution < -0.4 is 5.73 Å². The Labute approximate surface area is 73.5 Å². The monoisotopic (exact) mass is 165 g/mol. The summed E-state index contributed by atoms with van der Waals surface area (Å²) in [5.41, 5.74) is 5.39. The predicted molar refractivity (Wildman–Crippen MR) is 48.5 cm³/mol. The molecule has 0 aromatic carbocycles. The van der Waals surface area contributed by atoms with E-state index in [0.717, 1.165) is 25.7 Å². The lowest BCUT2D eigenvalue weighted by molar-refractivity contribution is -0.123. The first-order valence-electron chi connectivity index (χ1n) is 4.45. The van der Waals surface area contributed by atoms with Gasteiger partial charge in [-0.25, -0.2) is 0 Å². The molecule has 66 valence electrons. The van der Waals surface area contributed by atoms with Gasteiger partial charge < -0.3 is 5.73 Å². The number of terminal acetylenes is 1. The van der Waals surface area contributed by atoms with Crippen molar-refractivity contribution in [2.24, 2.45) is 5.73 Å². The Kier molecular flexibility index (Phi) is 2.88. The minimum atomic E-state index is -0.531. The molecule has 0 bridgehead atoms. The molecule has 0 unspecified atom stereocenters. The molecule has 0 aliphatic heterocycles. The van der Waals surface area contributed by atoms with Gasteiger partial charge in [-0.15, -0.1) is 12.3 Å². The average molecular weight is 165 g/mol. The van der Waals surface area contributed by atoms with E-state index in [-0.39, 0.29) is 5.78 Å². The van der Waals surface area contributed by atoms with E-state index in [1.165, 1.54) is 0 Å². The molecule has 0 amide bonds. The van der Waals surface area contributed by atoms with E-state index >= 15 is 0 Å². The van der Waals surface area contributed by atoms with Crippen molar-refractivity contribution in [2.45, 2.75) is 44.1 Å². The van der Waals surface area contributed by atoms with Gasteiger partial charge in [0.15, 0.2) is 5.78 Å². The predicted octanol–water partition coefficient (Wildman–Crippen LogP) is 1.24. The molecule has 0 aromatic heterocycles. The maximum Gasteiger partial charge on any atom is 0.153 e. The van der Waals surface area contributed by atoms with Gasteiger partial charge in [-0.1, -0.05) is 12.8 Å². The molecule has 1 saturated carbocycles. The van der Waals surface area contributed by atoms with Gasteiger partial charge in [0.25, 0.3) is 0 Å². The zero-order valence-electron chi connectivity index (χ0n) is 7.31. The second-order valence-electron chi connectivity index (χ2n) is 3.49. The highest BCUT2D eigenvalue weighted by molar-refractivity contribution is 5.88. The van der Waals surface area contributed by atoms with E-state index in [0.29, 0.717) is 12.8 Å². The number of ketones is 1. The summed E-state index contributed by atoms with van der Waals surface area (Å²) in [6.07, 6.45) is 9.90. The van der Waals surface area contributed by atoms with Crippen LogP contribution in [-0.4, -0.2) is 11.3 Å². The smallest absolute Gasteiger partial charge is 0.153 e. The molecule has 2 heteroatoms. The Balaban J connectivity index is 2.45. The van der Waals surface area contributed by atoms with Gasteiger partial charge in [0.05, 0.1) is 5.54 Å². The molecular weight excluding hydrogens is 150 g/mol. The van der Waals surface area contributed by atoms with Crippen LogP contribution >= 0.6 is 0 Å². The second-order valence-corrected chi connectivity index (χ2v) is 3.49. The summed E-state index contributed by atoms with van der Waals surface area (Å²) >= 11 is 0. The fourth-order valence-electron chi connectivity index (χ4n) is 1.72. The number of hydrogen-bond donors (Lipinski definition) is 1. The first-order valence-corrected chi connectivity index (χ1v) is 4.45. The Morgan fingerprint density at radius 1 is 1.50 bits per heavy atom. The van der Waals surface area contributed by atoms with Gasteiger partial charge in [0.2, 0.25) is 0 Å². The van der Waals surface area contributed by atoms with E-state index < -0.39 is 5.54 Å². The fourth-order valence-corrected chi connectivity index (χ4v) is 1.72. The molecule has 1 aliphatic rings. The van der Waals surface area contributed by atoms with E-state index in [4.69, 9.17) is 12.2 Å². The van der Waals surface area contributed by atoms with Crippen LogP contribution in [-0.2, 0) is 4.79 Å². The summed E-state index contributed by atoms with van der Waals surface area (Å²) in [4.78, 5) is 11.5. The van der Waals surface area contributed by atoms with Crippen molar-refractivity contribution in [3.8, 4) is 12.3 Å². The Bertz CT molecular complexity index is 208. The molecule has 0 radical (unpaired) electrons. The highest BCUT2D eigenvalue weighted by Crippen LogP contribution is 2.28. The number of nitrogens with two attached hydrogens (primary N) is 1. The third kappa shape index (κ3) is 1.86. The summed E-state index contributed by atoms with van der Waals surface area (Å²) < 4.78 is 0. The largest absolute Gasteiger partial charge is 0.319 e. The minimum absolute atomic E-state index is 0.151. The summed E-state index contributed by atoms with van der Waals surface area (Å²) in [6.45, 7) is 0. The van der Waals surface area contributed by atoms with Crippen molar-refractivity contribution in [1.82, 2.24) is 0 Å². The van der Waals surface area contributed by atoms with Crippen LogP contribution in [0.5, 0.6) is 0 Å². The molecule has 0 spiro atoms. The SMILES string of the molecule is C#CCCC(=O)C1(N)CCCC1. The van der Waals surface area contributed by atoms with Crippen LogP contribution in [0.1, 0.15) is 38.5 Å². The van der Waals surface area contributed by atoms with Gasteiger partial charge in [-0.2, -0.15) is 0 Å². The van der Waals surface area contributed by atoms with Crippen molar-refractivity contribution < 1.29 is 4.79 Å². The van der Waals surface area contributed by atoms with E-state index in [1.807, 2.05) is 0 Å². The maximum absolute atomic E-state index is 11.5. The quantitative estimate of drug-likeness (QED) is 0.639. The topological polar surface area (TPSA) is 43.1 Å². The molecule has 0 saturated heterocycles. The molecule has 1 rings (SSSR count). The molecule has 1 aliphatic carbocycles. The van der Waals surface area contributed by atoms with Crippen LogP contribution in [0.15, 0.2) is 0 Å². The van der Waals surface area contributed by atoms with Crippen LogP contribution in [0.4, 0.5) is 0 Å². The number of rotatable bonds is 3. The summed E-state index contributed by atoms with van der Waals surface area (Å²) in [6, 6.07) is 0. The van der Waals surface area contributed by atoms with Crippen molar-refractivity contribution >= 4 is 5.78 Å². The highest BCUT2D eigenvalue weighted by Gasteiger charge is 2.35. The second kappa shape index (κ2) is 3.73. The Hall–Kier alpha value is -0.810. The highest BCUT2D eigenvalue weighted by atomic mass is 16.1. The normalized spacial score (nSPS) is 20.3. The van der Waals surface area contributed by atoms with E-state index in [9.17, 15) is 4.79 Å². The van der Waals surface area contributed by atoms with Crippen molar-refractivity contribution in [3.05, 3.63) is 0 Å². The Morgan fingerprint density at radius 2 is 2.08 bits per heavy atom. The average Bonchev–Trinajstić information content (AvgIpc) is 2.49. The zero-order chi connectivity index (χ0) is 9.03. The fraction of sp³-hybridized carbons (Fsp3) is 0.700. The van der Waals surface area contributed by atoms with E-state index in [2.05, 4.69) is 5.92 Å². The molecule has 1 fully saturated rings. The first kappa shape index (κ1) is 9.28. The molecule has 2 N–H and O–H groups in total. The third-order valence-electron chi connectivity index (χ3n) is 2.55. The molecule has 12 heavy (non-hydrogen) atoms. The summed E-state index contributed by atoms with van der Waals surface area (Å²) in [5.74, 6) is 2.61. The number of carbonyl (C=O) groups excluding carboxylic acids is 1. The van der Waals surface area contributed by atoms with Gasteiger partial charge >= 0.3 is 0 Å². The van der Waals surface area contributed by atoms with Gasteiger partial charge in [0.1, 0.15) is 0 Å². The van der Waals surface area contributed by atoms with Crippen LogP contribution in [0.3, 0.4) is 0 Å². The van der Waals surface area contributed by atoms with Gasteiger partial charge in [-0.05, 0) is 12.8 Å². The molecule has 0 heterocycles. The number of hydrogen-bond acceptors (Lipinski definition) is 2. The maximum atomic E-state index is 11.5. The molecular formula is C10H15NO. The molecule has 0 atom stereocenters. The minimum Gasteiger partial charge on any atom is -0.319 e. The van der Waals surface area contributed by atoms with Crippen LogP contribution in [0.25, 0.3) is 0 Å². The van der Waals surface area contributed by atoms with E-state index in [1.54, 1.807) is 0 Å². The van der Waals surface area contributed by atoms with Crippen molar-refractivity contribution in [1.29, 1.82) is 0 Å². The third-order valence-corrected chi connectivity index (χ3v) is 2.55. The van der Waals surface area contributed by atoms with Crippen molar-refractivity contribution in [3.63, 3.8) is 0 Å². The molecule has 0 aromatic rings.